The first-order valence-corrected chi connectivity index (χ1v) is 5.41. The van der Waals surface area contributed by atoms with Crippen molar-refractivity contribution in [2.45, 2.75) is 19.8 Å². The van der Waals surface area contributed by atoms with E-state index < -0.39 is 10.9 Å². The Morgan fingerprint density at radius 2 is 2.28 bits per heavy atom. The van der Waals surface area contributed by atoms with Crippen LogP contribution in [0, 0.1) is 21.4 Å². The molecule has 0 aliphatic rings. The maximum absolute atomic E-state index is 11.5. The molecule has 0 saturated heterocycles. The minimum absolute atomic E-state index is 0.0849. The molecule has 0 unspecified atom stereocenters. The van der Waals surface area contributed by atoms with Crippen LogP contribution in [0.25, 0.3) is 0 Å². The van der Waals surface area contributed by atoms with Crippen molar-refractivity contribution in [3.63, 3.8) is 0 Å². The van der Waals surface area contributed by atoms with E-state index in [4.69, 9.17) is 10.00 Å². The zero-order chi connectivity index (χ0) is 13.5. The van der Waals surface area contributed by atoms with Gasteiger partial charge in [-0.25, -0.2) is 4.79 Å². The molecule has 1 aromatic carbocycles. The molecule has 0 heterocycles. The summed E-state index contributed by atoms with van der Waals surface area (Å²) < 4.78 is 4.81. The molecular formula is C12H12N2O4. The smallest absolute Gasteiger partial charge is 0.338 e. The summed E-state index contributed by atoms with van der Waals surface area (Å²) in [5.74, 6) is -0.523. The van der Waals surface area contributed by atoms with Crippen molar-refractivity contribution in [2.75, 3.05) is 6.61 Å². The van der Waals surface area contributed by atoms with Gasteiger partial charge in [-0.15, -0.1) is 0 Å². The van der Waals surface area contributed by atoms with Gasteiger partial charge in [0.2, 0.25) is 0 Å². The van der Waals surface area contributed by atoms with Gasteiger partial charge >= 0.3 is 5.97 Å². The van der Waals surface area contributed by atoms with Crippen LogP contribution in [0.4, 0.5) is 5.69 Å². The summed E-state index contributed by atoms with van der Waals surface area (Å²) in [6, 6.07) is 5.94. The molecule has 0 spiro atoms. The van der Waals surface area contributed by atoms with E-state index in [2.05, 4.69) is 0 Å². The lowest BCUT2D eigenvalue weighted by Gasteiger charge is -2.05. The highest BCUT2D eigenvalue weighted by atomic mass is 16.6. The molecule has 94 valence electrons. The average molecular weight is 248 g/mol. The number of nitriles is 1. The Balaban J connectivity index is 3.09. The Hall–Kier alpha value is -2.42. The quantitative estimate of drug-likeness (QED) is 0.452. The third-order valence-electron chi connectivity index (χ3n) is 2.29. The van der Waals surface area contributed by atoms with Crippen LogP contribution in [0.1, 0.15) is 29.3 Å². The van der Waals surface area contributed by atoms with Crippen molar-refractivity contribution in [3.8, 4) is 6.07 Å². The molecule has 1 aromatic rings. The van der Waals surface area contributed by atoms with Crippen LogP contribution in [-0.2, 0) is 11.2 Å². The fourth-order valence-electron chi connectivity index (χ4n) is 1.50. The lowest BCUT2D eigenvalue weighted by molar-refractivity contribution is -0.385. The Kier molecular flexibility index (Phi) is 4.81. The fourth-order valence-corrected chi connectivity index (χ4v) is 1.50. The highest BCUT2D eigenvalue weighted by Gasteiger charge is 2.16. The van der Waals surface area contributed by atoms with Gasteiger partial charge in [-0.05, 0) is 25.5 Å². The second kappa shape index (κ2) is 6.35. The number of aryl methyl sites for hydroxylation is 1. The summed E-state index contributed by atoms with van der Waals surface area (Å²) >= 11 is 0. The van der Waals surface area contributed by atoms with Crippen molar-refractivity contribution >= 4 is 11.7 Å². The third-order valence-corrected chi connectivity index (χ3v) is 2.29. The van der Waals surface area contributed by atoms with E-state index in [1.807, 2.05) is 6.07 Å². The van der Waals surface area contributed by atoms with Gasteiger partial charge < -0.3 is 4.74 Å². The molecule has 0 fully saturated rings. The molecule has 18 heavy (non-hydrogen) atoms. The van der Waals surface area contributed by atoms with Gasteiger partial charge in [0, 0.05) is 18.1 Å². The van der Waals surface area contributed by atoms with Crippen molar-refractivity contribution in [3.05, 3.63) is 39.4 Å². The van der Waals surface area contributed by atoms with Gasteiger partial charge in [0.05, 0.1) is 23.2 Å². The lowest BCUT2D eigenvalue weighted by atomic mass is 10.0. The van der Waals surface area contributed by atoms with Gasteiger partial charge in [-0.1, -0.05) is 0 Å². The number of nitro benzene ring substituents is 1. The largest absolute Gasteiger partial charge is 0.462 e. The maximum atomic E-state index is 11.5. The standard InChI is InChI=1S/C12H12N2O4/c1-2-18-12(15)10-5-6-11(14(16)17)9(8-10)4-3-7-13/h5-6,8H,2-4H2,1H3. The van der Waals surface area contributed by atoms with Crippen LogP contribution >= 0.6 is 0 Å². The summed E-state index contributed by atoms with van der Waals surface area (Å²) in [6.45, 7) is 1.92. The molecule has 0 aromatic heterocycles. The molecular weight excluding hydrogens is 236 g/mol. The Morgan fingerprint density at radius 1 is 1.56 bits per heavy atom. The summed E-state index contributed by atoms with van der Waals surface area (Å²) in [5.41, 5.74) is 0.542. The second-order valence-corrected chi connectivity index (χ2v) is 3.48. The van der Waals surface area contributed by atoms with Gasteiger partial charge in [0.1, 0.15) is 0 Å². The van der Waals surface area contributed by atoms with Gasteiger partial charge in [0.15, 0.2) is 0 Å². The summed E-state index contributed by atoms with van der Waals surface area (Å²) in [4.78, 5) is 21.8. The number of ether oxygens (including phenoxy) is 1. The highest BCUT2D eigenvalue weighted by molar-refractivity contribution is 5.90. The SMILES string of the molecule is CCOC(=O)c1ccc([N+](=O)[O-])c(CCC#N)c1. The van der Waals surface area contributed by atoms with Crippen LogP contribution in [0.5, 0.6) is 0 Å². The number of benzene rings is 1. The lowest BCUT2D eigenvalue weighted by Crippen LogP contribution is -2.06. The van der Waals surface area contributed by atoms with Crippen molar-refractivity contribution < 1.29 is 14.5 Å². The zero-order valence-corrected chi connectivity index (χ0v) is 9.88. The normalized spacial score (nSPS) is 9.56. The van der Waals surface area contributed by atoms with E-state index >= 15 is 0 Å². The summed E-state index contributed by atoms with van der Waals surface area (Å²) in [5, 5.41) is 19.3. The molecule has 0 saturated carbocycles. The molecule has 1 rings (SSSR count). The van der Waals surface area contributed by atoms with Crippen LogP contribution in [0.15, 0.2) is 18.2 Å². The van der Waals surface area contributed by atoms with Crippen molar-refractivity contribution in [1.29, 1.82) is 5.26 Å². The number of esters is 1. The first-order valence-electron chi connectivity index (χ1n) is 5.41. The highest BCUT2D eigenvalue weighted by Crippen LogP contribution is 2.22. The zero-order valence-electron chi connectivity index (χ0n) is 9.88. The predicted octanol–water partition coefficient (Wildman–Crippen LogP) is 2.23. The van der Waals surface area contributed by atoms with Crippen molar-refractivity contribution in [2.24, 2.45) is 0 Å². The molecule has 0 radical (unpaired) electrons. The first kappa shape index (κ1) is 13.6. The van der Waals surface area contributed by atoms with Crippen LogP contribution in [-0.4, -0.2) is 17.5 Å². The Morgan fingerprint density at radius 3 is 2.83 bits per heavy atom. The van der Waals surface area contributed by atoms with Crippen LogP contribution in [0.2, 0.25) is 0 Å². The van der Waals surface area contributed by atoms with E-state index in [1.165, 1.54) is 18.2 Å². The minimum Gasteiger partial charge on any atom is -0.462 e. The molecule has 6 heteroatoms. The molecule has 0 aliphatic carbocycles. The number of nitro groups is 1. The van der Waals surface area contributed by atoms with E-state index in [1.54, 1.807) is 6.92 Å². The molecule has 0 aliphatic heterocycles. The topological polar surface area (TPSA) is 93.2 Å². The monoisotopic (exact) mass is 248 g/mol. The summed E-state index contributed by atoms with van der Waals surface area (Å²) in [7, 11) is 0. The van der Waals surface area contributed by atoms with E-state index in [0.29, 0.717) is 5.56 Å². The molecule has 0 atom stereocenters. The molecule has 0 amide bonds. The number of rotatable bonds is 5. The number of hydrogen-bond acceptors (Lipinski definition) is 5. The molecule has 6 nitrogen and oxygen atoms in total. The van der Waals surface area contributed by atoms with E-state index in [9.17, 15) is 14.9 Å². The molecule has 0 bridgehead atoms. The number of nitrogens with zero attached hydrogens (tertiary/aromatic N) is 2. The average Bonchev–Trinajstić information content (AvgIpc) is 2.36. The summed E-state index contributed by atoms with van der Waals surface area (Å²) in [6.07, 6.45) is 0.396. The first-order chi connectivity index (χ1) is 8.60. The van der Waals surface area contributed by atoms with Gasteiger partial charge in [0.25, 0.3) is 5.69 Å². The van der Waals surface area contributed by atoms with E-state index in [-0.39, 0.29) is 30.7 Å². The third kappa shape index (κ3) is 3.28. The molecule has 0 N–H and O–H groups in total. The number of carbonyl (C=O) groups is 1. The van der Waals surface area contributed by atoms with Crippen LogP contribution < -0.4 is 0 Å². The van der Waals surface area contributed by atoms with Crippen molar-refractivity contribution in [1.82, 2.24) is 0 Å². The maximum Gasteiger partial charge on any atom is 0.338 e. The Bertz CT molecular complexity index is 505. The van der Waals surface area contributed by atoms with Gasteiger partial charge in [-0.2, -0.15) is 5.26 Å². The van der Waals surface area contributed by atoms with E-state index in [0.717, 1.165) is 0 Å². The van der Waals surface area contributed by atoms with Gasteiger partial charge in [-0.3, -0.25) is 10.1 Å². The minimum atomic E-state index is -0.526. The van der Waals surface area contributed by atoms with Crippen LogP contribution in [0.3, 0.4) is 0 Å². The predicted molar refractivity (Wildman–Crippen MR) is 63.0 cm³/mol. The Labute approximate surface area is 104 Å². The second-order valence-electron chi connectivity index (χ2n) is 3.48. The number of hydrogen-bond donors (Lipinski definition) is 0. The number of carbonyl (C=O) groups excluding carboxylic acids is 1. The fraction of sp³-hybridized carbons (Fsp3) is 0.333.